The molecule has 0 aliphatic heterocycles. The van der Waals surface area contributed by atoms with E-state index in [9.17, 15) is 0 Å². The molecule has 6 aromatic carbocycles. The predicted octanol–water partition coefficient (Wildman–Crippen LogP) is 12.8. The van der Waals surface area contributed by atoms with Crippen LogP contribution in [-0.4, -0.2) is 29.1 Å². The minimum Gasteiger partial charge on any atom is -0.292 e. The number of aromatic nitrogens is 6. The van der Waals surface area contributed by atoms with E-state index in [1.54, 1.807) is 11.3 Å². The molecule has 6 aromatic heterocycles. The second kappa shape index (κ2) is 12.5. The molecule has 0 saturated carbocycles. The lowest BCUT2D eigenvalue weighted by atomic mass is 10.1. The number of hydrogen-bond donors (Lipinski definition) is 0. The van der Waals surface area contributed by atoms with Crippen molar-refractivity contribution < 1.29 is 0 Å². The molecule has 266 valence electrons. The van der Waals surface area contributed by atoms with Gasteiger partial charge in [-0.2, -0.15) is 0 Å². The summed E-state index contributed by atoms with van der Waals surface area (Å²) in [4.78, 5) is 20.6. The molecule has 0 radical (unpaired) electrons. The molecule has 0 N–H and O–H groups in total. The molecule has 7 heteroatoms. The molecule has 0 spiro atoms. The third-order valence-corrected chi connectivity index (χ3v) is 12.0. The summed E-state index contributed by atoms with van der Waals surface area (Å²) >= 11 is 1.74. The average Bonchev–Trinajstić information content (AvgIpc) is 3.99. The van der Waals surface area contributed by atoms with Gasteiger partial charge in [-0.1, -0.05) is 103 Å². The first kappa shape index (κ1) is 31.8. The first-order valence-corrected chi connectivity index (χ1v) is 19.8. The van der Waals surface area contributed by atoms with Crippen LogP contribution in [0.4, 0.5) is 0 Å². The average molecular weight is 747 g/mol. The summed E-state index contributed by atoms with van der Waals surface area (Å²) in [6.07, 6.45) is 1.87. The lowest BCUT2D eigenvalue weighted by Gasteiger charge is -2.12. The van der Waals surface area contributed by atoms with Gasteiger partial charge in [0.25, 0.3) is 0 Å². The zero-order valence-corrected chi connectivity index (χ0v) is 31.2. The topological polar surface area (TPSA) is 61.4 Å². The Balaban J connectivity index is 1.07. The maximum Gasteiger partial charge on any atom is 0.235 e. The van der Waals surface area contributed by atoms with Gasteiger partial charge in [0.15, 0.2) is 0 Å². The number of pyridine rings is 2. The zero-order chi connectivity index (χ0) is 37.5. The number of thiophene rings is 1. The van der Waals surface area contributed by atoms with Crippen molar-refractivity contribution in [3.8, 4) is 45.5 Å². The highest BCUT2D eigenvalue weighted by Crippen LogP contribution is 2.41. The maximum absolute atomic E-state index is 5.36. The first-order chi connectivity index (χ1) is 28.2. The van der Waals surface area contributed by atoms with Crippen LogP contribution in [0, 0.1) is 0 Å². The summed E-state index contributed by atoms with van der Waals surface area (Å²) in [5.41, 5.74) is 11.1. The summed E-state index contributed by atoms with van der Waals surface area (Å²) in [6, 6.07) is 59.6. The summed E-state index contributed by atoms with van der Waals surface area (Å²) in [6.45, 7) is 0. The van der Waals surface area contributed by atoms with Gasteiger partial charge in [-0.25, -0.2) is 19.9 Å². The normalized spacial score (nSPS) is 11.9. The first-order valence-electron chi connectivity index (χ1n) is 19.0. The van der Waals surface area contributed by atoms with Crippen LogP contribution < -0.4 is 0 Å². The van der Waals surface area contributed by atoms with Crippen LogP contribution in [0.5, 0.6) is 0 Å². The van der Waals surface area contributed by atoms with E-state index < -0.39 is 0 Å². The van der Waals surface area contributed by atoms with Crippen molar-refractivity contribution in [2.24, 2.45) is 0 Å². The maximum atomic E-state index is 5.36. The third-order valence-electron chi connectivity index (χ3n) is 11.1. The van der Waals surface area contributed by atoms with Crippen molar-refractivity contribution in [1.29, 1.82) is 0 Å². The van der Waals surface area contributed by atoms with Crippen LogP contribution in [-0.2, 0) is 0 Å². The van der Waals surface area contributed by atoms with Gasteiger partial charge >= 0.3 is 0 Å². The number of benzene rings is 6. The highest BCUT2D eigenvalue weighted by Gasteiger charge is 2.23. The van der Waals surface area contributed by atoms with Gasteiger partial charge in [0.2, 0.25) is 5.95 Å². The van der Waals surface area contributed by atoms with Gasteiger partial charge in [-0.3, -0.25) is 9.13 Å². The summed E-state index contributed by atoms with van der Waals surface area (Å²) in [7, 11) is 0. The molecule has 0 amide bonds. The fourth-order valence-corrected chi connectivity index (χ4v) is 9.27. The molecule has 0 unspecified atom stereocenters. The summed E-state index contributed by atoms with van der Waals surface area (Å²) in [5.74, 6) is 1.46. The highest BCUT2D eigenvalue weighted by atomic mass is 32.1. The number of rotatable bonds is 5. The van der Waals surface area contributed by atoms with Crippen LogP contribution in [0.15, 0.2) is 181 Å². The fourth-order valence-electron chi connectivity index (χ4n) is 8.44. The van der Waals surface area contributed by atoms with Gasteiger partial charge in [0.05, 0.1) is 44.7 Å². The van der Waals surface area contributed by atoms with Crippen molar-refractivity contribution in [3.63, 3.8) is 0 Å². The Kier molecular flexibility index (Phi) is 7.00. The molecular weight excluding hydrogens is 717 g/mol. The van der Waals surface area contributed by atoms with E-state index in [0.717, 1.165) is 94.1 Å². The molecule has 6 nitrogen and oxygen atoms in total. The SMILES string of the molecule is c1ccc(-c2cccc(-c3ccc4nc(-n5c6ccccc6c6ccc7c8ccccc8n(-c8nccc(-c9ccc%10ccsc%10c9)n8)c7c65)ccc4c3)n2)cc1. The van der Waals surface area contributed by atoms with Crippen molar-refractivity contribution >= 4 is 75.9 Å². The van der Waals surface area contributed by atoms with E-state index in [-0.39, 0.29) is 0 Å². The van der Waals surface area contributed by atoms with Gasteiger partial charge in [-0.05, 0) is 77.5 Å². The highest BCUT2D eigenvalue weighted by molar-refractivity contribution is 7.17. The number of para-hydroxylation sites is 2. The van der Waals surface area contributed by atoms with Crippen molar-refractivity contribution in [3.05, 3.63) is 181 Å². The fraction of sp³-hybridized carbons (Fsp3) is 0. The monoisotopic (exact) mass is 746 g/mol. The predicted molar refractivity (Wildman–Crippen MR) is 235 cm³/mol. The van der Waals surface area contributed by atoms with Gasteiger partial charge in [0.1, 0.15) is 5.82 Å². The van der Waals surface area contributed by atoms with Crippen LogP contribution in [0.3, 0.4) is 0 Å². The van der Waals surface area contributed by atoms with E-state index >= 15 is 0 Å². The lowest BCUT2D eigenvalue weighted by Crippen LogP contribution is -2.04. The molecule has 0 bridgehead atoms. The minimum absolute atomic E-state index is 0.623. The molecule has 12 rings (SSSR count). The standard InChI is InChI=1S/C50H30N6S/c1-2-9-31(10-3-1)40-13-8-14-41(52-40)33-19-23-42-34(29-33)20-24-47(53-42)55-44-15-6-4-11-36(44)38-21-22-39-37-12-5-7-16-45(37)56(49(39)48(38)55)50-51-27-25-43(54-50)35-18-17-32-26-28-57-46(32)30-35/h1-30H. The largest absolute Gasteiger partial charge is 0.292 e. The molecule has 6 heterocycles. The summed E-state index contributed by atoms with van der Waals surface area (Å²) in [5, 5.41) is 9.00. The van der Waals surface area contributed by atoms with E-state index in [1.807, 2.05) is 30.5 Å². The zero-order valence-electron chi connectivity index (χ0n) is 30.4. The Morgan fingerprint density at radius 3 is 1.91 bits per heavy atom. The van der Waals surface area contributed by atoms with Crippen molar-refractivity contribution in [2.75, 3.05) is 0 Å². The second-order valence-corrected chi connectivity index (χ2v) is 15.3. The Bertz CT molecular complexity index is 3540. The quantitative estimate of drug-likeness (QED) is 0.176. The Morgan fingerprint density at radius 1 is 0.421 bits per heavy atom. The molecule has 0 saturated heterocycles. The number of hydrogen-bond acceptors (Lipinski definition) is 5. The molecular formula is C50H30N6S. The van der Waals surface area contributed by atoms with Gasteiger partial charge in [-0.15, -0.1) is 11.3 Å². The van der Waals surface area contributed by atoms with E-state index in [2.05, 4.69) is 160 Å². The molecule has 0 atom stereocenters. The molecule has 0 aliphatic carbocycles. The number of fused-ring (bicyclic) bond motifs is 9. The van der Waals surface area contributed by atoms with Crippen LogP contribution >= 0.6 is 11.3 Å². The van der Waals surface area contributed by atoms with Crippen molar-refractivity contribution in [2.45, 2.75) is 0 Å². The minimum atomic E-state index is 0.623. The smallest absolute Gasteiger partial charge is 0.235 e. The van der Waals surface area contributed by atoms with E-state index in [1.165, 1.54) is 10.1 Å². The molecule has 0 aliphatic rings. The van der Waals surface area contributed by atoms with E-state index in [4.69, 9.17) is 19.9 Å². The van der Waals surface area contributed by atoms with Crippen molar-refractivity contribution in [1.82, 2.24) is 29.1 Å². The van der Waals surface area contributed by atoms with Crippen LogP contribution in [0.25, 0.3) is 110 Å². The second-order valence-electron chi connectivity index (χ2n) is 14.3. The number of nitrogens with zero attached hydrogens (tertiary/aromatic N) is 6. The Labute approximate surface area is 330 Å². The van der Waals surface area contributed by atoms with Crippen LogP contribution in [0.2, 0.25) is 0 Å². The molecule has 12 aromatic rings. The Hall–Kier alpha value is -7.48. The summed E-state index contributed by atoms with van der Waals surface area (Å²) < 4.78 is 5.79. The van der Waals surface area contributed by atoms with E-state index in [0.29, 0.717) is 5.95 Å². The molecule has 0 fully saturated rings. The molecule has 57 heavy (non-hydrogen) atoms. The van der Waals surface area contributed by atoms with Crippen LogP contribution in [0.1, 0.15) is 0 Å². The van der Waals surface area contributed by atoms with Gasteiger partial charge in [0, 0.05) is 54.5 Å². The van der Waals surface area contributed by atoms with Gasteiger partial charge < -0.3 is 0 Å². The third kappa shape index (κ3) is 5.03. The lowest BCUT2D eigenvalue weighted by molar-refractivity contribution is 0.990. The Morgan fingerprint density at radius 2 is 1.09 bits per heavy atom.